The number of hydrogen-bond donors (Lipinski definition) is 0. The quantitative estimate of drug-likeness (QED) is 0.773. The van der Waals surface area contributed by atoms with E-state index in [4.69, 9.17) is 4.99 Å². The van der Waals surface area contributed by atoms with Crippen molar-refractivity contribution in [2.45, 2.75) is 0 Å². The number of fused-ring (bicyclic) bond motifs is 2. The highest BCUT2D eigenvalue weighted by Gasteiger charge is 2.32. The maximum Gasteiger partial charge on any atom is 0.177 e. The summed E-state index contributed by atoms with van der Waals surface area (Å²) >= 11 is 0. The summed E-state index contributed by atoms with van der Waals surface area (Å²) in [7, 11) is 0. The lowest BCUT2D eigenvalue weighted by Gasteiger charge is -2.25. The highest BCUT2D eigenvalue weighted by atomic mass is 16.1. The van der Waals surface area contributed by atoms with E-state index >= 15 is 0 Å². The monoisotopic (exact) mass is 260 g/mol. The van der Waals surface area contributed by atoms with Gasteiger partial charge in [-0.3, -0.25) is 4.79 Å². The largest absolute Gasteiger partial charge is 0.322 e. The van der Waals surface area contributed by atoms with E-state index in [1.807, 2.05) is 71.6 Å². The van der Waals surface area contributed by atoms with Crippen LogP contribution in [-0.2, 0) is 0 Å². The number of nitrogens with zero attached hydrogens (tertiary/aromatic N) is 2. The molecule has 2 aliphatic rings. The maximum atomic E-state index is 12.6. The molecule has 0 fully saturated rings. The summed E-state index contributed by atoms with van der Waals surface area (Å²) in [6.07, 6.45) is 9.79. The van der Waals surface area contributed by atoms with Gasteiger partial charge >= 0.3 is 0 Å². The molecule has 0 amide bonds. The third-order valence-electron chi connectivity index (χ3n) is 3.69. The molecule has 0 bridgehead atoms. The van der Waals surface area contributed by atoms with Gasteiger partial charge in [-0.1, -0.05) is 24.3 Å². The number of hydrogen-bond acceptors (Lipinski definition) is 2. The average molecular weight is 260 g/mol. The van der Waals surface area contributed by atoms with Crippen LogP contribution in [-0.4, -0.2) is 16.1 Å². The Morgan fingerprint density at radius 2 is 1.85 bits per heavy atom. The molecule has 2 heterocycles. The van der Waals surface area contributed by atoms with Crippen LogP contribution in [0.3, 0.4) is 0 Å². The summed E-state index contributed by atoms with van der Waals surface area (Å²) in [5, 5.41) is 0. The number of para-hydroxylation sites is 1. The first-order valence-corrected chi connectivity index (χ1v) is 6.58. The van der Waals surface area contributed by atoms with Crippen molar-refractivity contribution in [2.75, 3.05) is 0 Å². The molecular weight excluding hydrogens is 248 g/mol. The Labute approximate surface area is 116 Å². The molecule has 0 N–H and O–H groups in total. The predicted octanol–water partition coefficient (Wildman–Crippen LogP) is 3.48. The van der Waals surface area contributed by atoms with Crippen molar-refractivity contribution in [1.82, 2.24) is 4.57 Å². The lowest BCUT2D eigenvalue weighted by Crippen LogP contribution is -2.29. The molecule has 96 valence electrons. The number of carbonyl (C=O) groups excluding carboxylic acids is 1. The summed E-state index contributed by atoms with van der Waals surface area (Å²) in [5.41, 5.74) is 3.26. The van der Waals surface area contributed by atoms with Crippen molar-refractivity contribution in [3.8, 4) is 0 Å². The molecule has 0 saturated heterocycles. The van der Waals surface area contributed by atoms with Crippen LogP contribution in [0.5, 0.6) is 0 Å². The first-order chi connectivity index (χ1) is 9.84. The molecule has 4 rings (SSSR count). The molecule has 1 aliphatic heterocycles. The third-order valence-corrected chi connectivity index (χ3v) is 3.69. The van der Waals surface area contributed by atoms with E-state index in [-0.39, 0.29) is 11.7 Å². The zero-order chi connectivity index (χ0) is 13.5. The number of ketones is 1. The van der Waals surface area contributed by atoms with E-state index in [1.54, 1.807) is 0 Å². The Hall–Kier alpha value is -2.68. The van der Waals surface area contributed by atoms with Crippen LogP contribution in [0, 0.1) is 5.92 Å². The molecule has 1 aromatic heterocycles. The molecule has 1 atom stereocenters. The predicted molar refractivity (Wildman–Crippen MR) is 79.2 cm³/mol. The first kappa shape index (κ1) is 11.2. The minimum atomic E-state index is -0.271. The number of benzene rings is 1. The van der Waals surface area contributed by atoms with Gasteiger partial charge in [0.25, 0.3) is 0 Å². The summed E-state index contributed by atoms with van der Waals surface area (Å²) in [6, 6.07) is 11.5. The van der Waals surface area contributed by atoms with Crippen LogP contribution in [0.4, 0.5) is 5.69 Å². The molecule has 0 saturated carbocycles. The summed E-state index contributed by atoms with van der Waals surface area (Å²) in [4.78, 5) is 17.3. The van der Waals surface area contributed by atoms with Gasteiger partial charge in [0, 0.05) is 18.0 Å². The van der Waals surface area contributed by atoms with Gasteiger partial charge in [0.1, 0.15) is 0 Å². The fourth-order valence-electron chi connectivity index (χ4n) is 2.72. The fourth-order valence-corrected chi connectivity index (χ4v) is 2.72. The second-order valence-corrected chi connectivity index (χ2v) is 4.88. The van der Waals surface area contributed by atoms with Crippen LogP contribution < -0.4 is 0 Å². The van der Waals surface area contributed by atoms with E-state index in [0.29, 0.717) is 5.56 Å². The van der Waals surface area contributed by atoms with Gasteiger partial charge in [0.2, 0.25) is 0 Å². The van der Waals surface area contributed by atoms with Gasteiger partial charge in [0.15, 0.2) is 5.78 Å². The molecular formula is C17H12N2O. The van der Waals surface area contributed by atoms with E-state index in [0.717, 1.165) is 17.1 Å². The van der Waals surface area contributed by atoms with Crippen molar-refractivity contribution < 1.29 is 4.79 Å². The Morgan fingerprint density at radius 1 is 1.05 bits per heavy atom. The second kappa shape index (κ2) is 4.17. The van der Waals surface area contributed by atoms with Gasteiger partial charge in [0.05, 0.1) is 23.0 Å². The van der Waals surface area contributed by atoms with E-state index in [1.165, 1.54) is 0 Å². The highest BCUT2D eigenvalue weighted by molar-refractivity contribution is 6.33. The lowest BCUT2D eigenvalue weighted by molar-refractivity contribution is 0.0971. The van der Waals surface area contributed by atoms with Crippen LogP contribution in [0.25, 0.3) is 5.70 Å². The normalized spacial score (nSPS) is 20.0. The Bertz CT molecular complexity index is 779. The highest BCUT2D eigenvalue weighted by Crippen LogP contribution is 2.34. The number of allylic oxidation sites excluding steroid dienone is 4. The van der Waals surface area contributed by atoms with Gasteiger partial charge in [-0.15, -0.1) is 0 Å². The van der Waals surface area contributed by atoms with Gasteiger partial charge in [-0.05, 0) is 30.3 Å². The number of rotatable bonds is 1. The van der Waals surface area contributed by atoms with Crippen molar-refractivity contribution in [1.29, 1.82) is 0 Å². The van der Waals surface area contributed by atoms with Crippen molar-refractivity contribution in [3.63, 3.8) is 0 Å². The third kappa shape index (κ3) is 1.53. The van der Waals surface area contributed by atoms with Crippen molar-refractivity contribution in [3.05, 3.63) is 72.6 Å². The summed E-state index contributed by atoms with van der Waals surface area (Å²) < 4.78 is 2.00. The van der Waals surface area contributed by atoms with Gasteiger partial charge < -0.3 is 4.57 Å². The molecule has 1 aromatic carbocycles. The topological polar surface area (TPSA) is 34.4 Å². The minimum absolute atomic E-state index is 0.125. The van der Waals surface area contributed by atoms with Crippen molar-refractivity contribution >= 4 is 22.9 Å². The first-order valence-electron chi connectivity index (χ1n) is 6.58. The zero-order valence-corrected chi connectivity index (χ0v) is 10.7. The summed E-state index contributed by atoms with van der Waals surface area (Å²) in [6.45, 7) is 0. The molecule has 1 aliphatic carbocycles. The van der Waals surface area contributed by atoms with E-state index in [2.05, 4.69) is 0 Å². The minimum Gasteiger partial charge on any atom is -0.322 e. The number of aromatic nitrogens is 1. The van der Waals surface area contributed by atoms with E-state index < -0.39 is 0 Å². The molecule has 0 radical (unpaired) electrons. The molecule has 3 nitrogen and oxygen atoms in total. The van der Waals surface area contributed by atoms with Crippen LogP contribution in [0.2, 0.25) is 0 Å². The Kier molecular flexibility index (Phi) is 2.33. The second-order valence-electron chi connectivity index (χ2n) is 4.88. The number of aliphatic imine (C=N–C) groups is 1. The van der Waals surface area contributed by atoms with Crippen LogP contribution in [0.1, 0.15) is 10.4 Å². The smallest absolute Gasteiger partial charge is 0.177 e. The fraction of sp³-hybridized carbons (Fsp3) is 0.0588. The van der Waals surface area contributed by atoms with Gasteiger partial charge in [-0.2, -0.15) is 0 Å². The Balaban J connectivity index is 1.92. The molecule has 20 heavy (non-hydrogen) atoms. The molecule has 3 heteroatoms. The maximum absolute atomic E-state index is 12.6. The van der Waals surface area contributed by atoms with Crippen LogP contribution >= 0.6 is 0 Å². The average Bonchev–Trinajstić information content (AvgIpc) is 3.01. The summed E-state index contributed by atoms with van der Waals surface area (Å²) in [5.74, 6) is -0.146. The number of Topliss-reactive ketones (excluding diaryl/α,β-unsaturated/α-hetero) is 1. The molecule has 0 spiro atoms. The van der Waals surface area contributed by atoms with E-state index in [9.17, 15) is 4.79 Å². The Morgan fingerprint density at radius 3 is 2.70 bits per heavy atom. The number of carbonyl (C=O) groups is 1. The van der Waals surface area contributed by atoms with Crippen LogP contribution in [0.15, 0.2) is 72.0 Å². The molecule has 1 unspecified atom stereocenters. The lowest BCUT2D eigenvalue weighted by atomic mass is 9.85. The van der Waals surface area contributed by atoms with Crippen molar-refractivity contribution in [2.24, 2.45) is 10.9 Å². The SMILES string of the molecule is O=C1c2ccccc2N=C2C(n3cccc3)=CC=CC12. The molecule has 2 aromatic rings. The van der Waals surface area contributed by atoms with Gasteiger partial charge in [-0.25, -0.2) is 4.99 Å². The standard InChI is InChI=1S/C17H12N2O/c20-17-12-6-1-2-8-14(12)18-16-13(17)7-5-9-15(16)19-10-3-4-11-19/h1-11,13H. The zero-order valence-electron chi connectivity index (χ0n) is 10.7.